The topological polar surface area (TPSA) is 82.7 Å². The minimum absolute atomic E-state index is 0.00531. The highest BCUT2D eigenvalue weighted by Gasteiger charge is 2.28. The standard InChI is InChI=1S/C18H27N3O4/c1-11-16(14(4)22)12(2)19-17(11)18(24)13(3)20(5)10-15(23)21-6-8-25-9-7-21/h13,19H,6-10H2,1-5H3/t13-/m1/s1. The fourth-order valence-corrected chi connectivity index (χ4v) is 3.20. The van der Waals surface area contributed by atoms with E-state index in [0.717, 1.165) is 0 Å². The smallest absolute Gasteiger partial charge is 0.236 e. The number of aromatic nitrogens is 1. The van der Waals surface area contributed by atoms with Crippen LogP contribution in [0, 0.1) is 13.8 Å². The number of aryl methyl sites for hydroxylation is 1. The number of amides is 1. The number of rotatable bonds is 6. The van der Waals surface area contributed by atoms with Gasteiger partial charge in [0, 0.05) is 24.3 Å². The number of nitrogens with zero attached hydrogens (tertiary/aromatic N) is 2. The van der Waals surface area contributed by atoms with E-state index in [-0.39, 0.29) is 24.0 Å². The van der Waals surface area contributed by atoms with Crippen LogP contribution in [0.25, 0.3) is 0 Å². The largest absolute Gasteiger partial charge is 0.378 e. The lowest BCUT2D eigenvalue weighted by Crippen LogP contribution is -2.48. The molecule has 0 unspecified atom stereocenters. The molecule has 1 aromatic heterocycles. The van der Waals surface area contributed by atoms with Crippen molar-refractivity contribution in [3.05, 3.63) is 22.5 Å². The number of ketones is 2. The summed E-state index contributed by atoms with van der Waals surface area (Å²) in [6.45, 7) is 9.29. The third kappa shape index (κ3) is 4.16. The maximum absolute atomic E-state index is 12.8. The molecule has 0 bridgehead atoms. The van der Waals surface area contributed by atoms with Crippen LogP contribution in [0.4, 0.5) is 0 Å². The number of nitrogens with one attached hydrogen (secondary N) is 1. The quantitative estimate of drug-likeness (QED) is 0.780. The van der Waals surface area contributed by atoms with E-state index in [0.29, 0.717) is 48.8 Å². The van der Waals surface area contributed by atoms with E-state index < -0.39 is 6.04 Å². The van der Waals surface area contributed by atoms with Gasteiger partial charge in [0.2, 0.25) is 5.91 Å². The van der Waals surface area contributed by atoms with Crippen molar-refractivity contribution in [2.75, 3.05) is 39.9 Å². The first-order chi connectivity index (χ1) is 11.7. The summed E-state index contributed by atoms with van der Waals surface area (Å²) in [5.41, 5.74) is 2.39. The zero-order valence-corrected chi connectivity index (χ0v) is 15.6. The molecule has 1 aromatic rings. The fraction of sp³-hybridized carbons (Fsp3) is 0.611. The van der Waals surface area contributed by atoms with Crippen LogP contribution in [-0.2, 0) is 9.53 Å². The molecule has 0 saturated carbocycles. The molecule has 0 aromatic carbocycles. The first-order valence-corrected chi connectivity index (χ1v) is 8.54. The van der Waals surface area contributed by atoms with E-state index in [4.69, 9.17) is 4.74 Å². The second kappa shape index (κ2) is 7.93. The molecule has 138 valence electrons. The van der Waals surface area contributed by atoms with Gasteiger partial charge in [-0.05, 0) is 40.3 Å². The third-order valence-electron chi connectivity index (χ3n) is 4.83. The van der Waals surface area contributed by atoms with Crippen molar-refractivity contribution >= 4 is 17.5 Å². The maximum Gasteiger partial charge on any atom is 0.236 e. The number of aromatic amines is 1. The van der Waals surface area contributed by atoms with Gasteiger partial charge in [-0.15, -0.1) is 0 Å². The fourth-order valence-electron chi connectivity index (χ4n) is 3.20. The molecule has 7 nitrogen and oxygen atoms in total. The number of likely N-dealkylation sites (N-methyl/N-ethyl adjacent to an activating group) is 1. The number of hydrogen-bond donors (Lipinski definition) is 1. The molecule has 0 radical (unpaired) electrons. The monoisotopic (exact) mass is 349 g/mol. The van der Waals surface area contributed by atoms with E-state index in [1.807, 2.05) is 0 Å². The Labute approximate surface area is 148 Å². The SMILES string of the molecule is CC(=O)c1c(C)[nH]c(C(=O)[C@@H](C)N(C)CC(=O)N2CCOCC2)c1C. The van der Waals surface area contributed by atoms with E-state index in [1.54, 1.807) is 37.6 Å². The van der Waals surface area contributed by atoms with Gasteiger partial charge in [-0.2, -0.15) is 0 Å². The molecule has 1 saturated heterocycles. The summed E-state index contributed by atoms with van der Waals surface area (Å²) in [6, 6.07) is -0.471. The van der Waals surface area contributed by atoms with Crippen molar-refractivity contribution in [2.24, 2.45) is 0 Å². The van der Waals surface area contributed by atoms with Gasteiger partial charge in [0.05, 0.1) is 31.5 Å². The van der Waals surface area contributed by atoms with E-state index in [1.165, 1.54) is 6.92 Å². The lowest BCUT2D eigenvalue weighted by Gasteiger charge is -2.30. The molecule has 1 aliphatic rings. The predicted molar refractivity (Wildman–Crippen MR) is 94.1 cm³/mol. The molecule has 1 amide bonds. The normalized spacial score (nSPS) is 16.2. The summed E-state index contributed by atoms with van der Waals surface area (Å²) < 4.78 is 5.25. The molecule has 1 N–H and O–H groups in total. The zero-order valence-electron chi connectivity index (χ0n) is 15.6. The van der Waals surface area contributed by atoms with Crippen LogP contribution >= 0.6 is 0 Å². The molecule has 1 aliphatic heterocycles. The van der Waals surface area contributed by atoms with Crippen LogP contribution in [0.3, 0.4) is 0 Å². The number of H-pyrrole nitrogens is 1. The number of carbonyl (C=O) groups is 3. The average molecular weight is 349 g/mol. The van der Waals surface area contributed by atoms with Gasteiger partial charge in [-0.25, -0.2) is 0 Å². The van der Waals surface area contributed by atoms with Crippen molar-refractivity contribution in [3.8, 4) is 0 Å². The van der Waals surface area contributed by atoms with Crippen LogP contribution in [-0.4, -0.2) is 78.2 Å². The van der Waals surface area contributed by atoms with Crippen molar-refractivity contribution in [2.45, 2.75) is 33.7 Å². The minimum atomic E-state index is -0.471. The summed E-state index contributed by atoms with van der Waals surface area (Å²) in [6.07, 6.45) is 0. The van der Waals surface area contributed by atoms with Gasteiger partial charge < -0.3 is 14.6 Å². The van der Waals surface area contributed by atoms with Gasteiger partial charge in [0.1, 0.15) is 0 Å². The average Bonchev–Trinajstić information content (AvgIpc) is 2.88. The Balaban J connectivity index is 2.07. The second-order valence-corrected chi connectivity index (χ2v) is 6.63. The van der Waals surface area contributed by atoms with Crippen LogP contribution < -0.4 is 0 Å². The third-order valence-corrected chi connectivity index (χ3v) is 4.83. The maximum atomic E-state index is 12.8. The Bertz CT molecular complexity index is 674. The molecular weight excluding hydrogens is 322 g/mol. The van der Waals surface area contributed by atoms with Crippen LogP contribution in [0.2, 0.25) is 0 Å². The summed E-state index contributed by atoms with van der Waals surface area (Å²) >= 11 is 0. The van der Waals surface area contributed by atoms with Crippen LogP contribution in [0.5, 0.6) is 0 Å². The Morgan fingerprint density at radius 1 is 1.24 bits per heavy atom. The second-order valence-electron chi connectivity index (χ2n) is 6.63. The lowest BCUT2D eigenvalue weighted by molar-refractivity contribution is -0.136. The molecular formula is C18H27N3O4. The highest BCUT2D eigenvalue weighted by molar-refractivity contribution is 6.05. The van der Waals surface area contributed by atoms with Crippen molar-refractivity contribution in [1.82, 2.24) is 14.8 Å². The Kier molecular flexibility index (Phi) is 6.13. The van der Waals surface area contributed by atoms with Gasteiger partial charge >= 0.3 is 0 Å². The minimum Gasteiger partial charge on any atom is -0.378 e. The predicted octanol–water partition coefficient (Wildman–Crippen LogP) is 1.20. The number of morpholine rings is 1. The molecule has 0 aliphatic carbocycles. The number of Topliss-reactive ketones (excluding diaryl/α,β-unsaturated/α-hetero) is 2. The van der Waals surface area contributed by atoms with E-state index >= 15 is 0 Å². The molecule has 0 spiro atoms. The molecule has 2 heterocycles. The van der Waals surface area contributed by atoms with Gasteiger partial charge in [-0.1, -0.05) is 0 Å². The van der Waals surface area contributed by atoms with Gasteiger partial charge in [-0.3, -0.25) is 19.3 Å². The van der Waals surface area contributed by atoms with E-state index in [2.05, 4.69) is 4.98 Å². The summed E-state index contributed by atoms with van der Waals surface area (Å²) in [5, 5.41) is 0. The zero-order chi connectivity index (χ0) is 18.7. The summed E-state index contributed by atoms with van der Waals surface area (Å²) in [7, 11) is 1.76. The number of ether oxygens (including phenoxy) is 1. The van der Waals surface area contributed by atoms with Crippen LogP contribution in [0.1, 0.15) is 46.0 Å². The van der Waals surface area contributed by atoms with Gasteiger partial charge in [0.25, 0.3) is 0 Å². The Morgan fingerprint density at radius 3 is 2.36 bits per heavy atom. The Hall–Kier alpha value is -1.99. The van der Waals surface area contributed by atoms with Crippen molar-refractivity contribution in [3.63, 3.8) is 0 Å². The number of hydrogen-bond acceptors (Lipinski definition) is 5. The van der Waals surface area contributed by atoms with Crippen LogP contribution in [0.15, 0.2) is 0 Å². The van der Waals surface area contributed by atoms with Crippen molar-refractivity contribution < 1.29 is 19.1 Å². The van der Waals surface area contributed by atoms with E-state index in [9.17, 15) is 14.4 Å². The van der Waals surface area contributed by atoms with Gasteiger partial charge in [0.15, 0.2) is 11.6 Å². The molecule has 7 heteroatoms. The molecule has 1 fully saturated rings. The number of carbonyl (C=O) groups excluding carboxylic acids is 3. The molecule has 1 atom stereocenters. The summed E-state index contributed by atoms with van der Waals surface area (Å²) in [4.78, 5) is 43.5. The van der Waals surface area contributed by atoms with Crippen molar-refractivity contribution in [1.29, 1.82) is 0 Å². The first-order valence-electron chi connectivity index (χ1n) is 8.54. The first kappa shape index (κ1) is 19.3. The summed E-state index contributed by atoms with van der Waals surface area (Å²) in [5.74, 6) is -0.187. The highest BCUT2D eigenvalue weighted by atomic mass is 16.5. The molecule has 2 rings (SSSR count). The lowest BCUT2D eigenvalue weighted by atomic mass is 10.0. The highest BCUT2D eigenvalue weighted by Crippen LogP contribution is 2.20. The Morgan fingerprint density at radius 2 is 1.84 bits per heavy atom. The molecule has 25 heavy (non-hydrogen) atoms.